The van der Waals surface area contributed by atoms with Crippen LogP contribution in [0.4, 0.5) is 0 Å². The molecule has 16 heavy (non-hydrogen) atoms. The van der Waals surface area contributed by atoms with Gasteiger partial charge in [-0.2, -0.15) is 0 Å². The fourth-order valence-electron chi connectivity index (χ4n) is 1.49. The van der Waals surface area contributed by atoms with Crippen molar-refractivity contribution in [2.24, 2.45) is 0 Å². The molecule has 0 unspecified atom stereocenters. The third kappa shape index (κ3) is 3.05. The Morgan fingerprint density at radius 1 is 1.19 bits per heavy atom. The molecule has 0 saturated carbocycles. The lowest BCUT2D eigenvalue weighted by Gasteiger charge is -2.11. The van der Waals surface area contributed by atoms with E-state index in [0.29, 0.717) is 11.1 Å². The summed E-state index contributed by atoms with van der Waals surface area (Å²) >= 11 is 0. The lowest BCUT2D eigenvalue weighted by molar-refractivity contribution is -0.142. The molecule has 0 aromatic heterocycles. The van der Waals surface area contributed by atoms with E-state index in [9.17, 15) is 4.79 Å². The van der Waals surface area contributed by atoms with E-state index in [4.69, 9.17) is 14.9 Å². The van der Waals surface area contributed by atoms with Gasteiger partial charge in [-0.25, -0.2) is 0 Å². The van der Waals surface area contributed by atoms with Crippen molar-refractivity contribution < 1.29 is 19.7 Å². The van der Waals surface area contributed by atoms with E-state index in [1.54, 1.807) is 12.1 Å². The van der Waals surface area contributed by atoms with Crippen molar-refractivity contribution in [3.63, 3.8) is 0 Å². The predicted octanol–water partition coefficient (Wildman–Crippen LogP) is 1.04. The third-order valence-corrected chi connectivity index (χ3v) is 2.43. The monoisotopic (exact) mass is 224 g/mol. The average molecular weight is 224 g/mol. The number of aryl methyl sites for hydroxylation is 1. The molecule has 0 spiro atoms. The molecule has 0 bridgehead atoms. The number of rotatable bonds is 4. The molecule has 0 radical (unpaired) electrons. The first-order chi connectivity index (χ1) is 7.58. The molecule has 4 nitrogen and oxygen atoms in total. The summed E-state index contributed by atoms with van der Waals surface area (Å²) in [6.45, 7) is 3.18. The van der Waals surface area contributed by atoms with Gasteiger partial charge in [0, 0.05) is 6.92 Å². The molecule has 0 aliphatic carbocycles. The molecule has 2 N–H and O–H groups in total. The molecular formula is C12H16O4. The minimum Gasteiger partial charge on any atom is -0.461 e. The van der Waals surface area contributed by atoms with Crippen LogP contribution >= 0.6 is 0 Å². The zero-order valence-electron chi connectivity index (χ0n) is 9.49. The summed E-state index contributed by atoms with van der Waals surface area (Å²) in [7, 11) is 0. The summed E-state index contributed by atoms with van der Waals surface area (Å²) in [5, 5.41) is 18.2. The van der Waals surface area contributed by atoms with Crippen molar-refractivity contribution in [2.45, 2.75) is 33.7 Å². The zero-order chi connectivity index (χ0) is 12.1. The minimum atomic E-state index is -0.337. The smallest absolute Gasteiger partial charge is 0.302 e. The molecule has 88 valence electrons. The number of carbonyl (C=O) groups excluding carboxylic acids is 1. The second kappa shape index (κ2) is 5.63. The van der Waals surface area contributed by atoms with Crippen LogP contribution in [0.15, 0.2) is 12.1 Å². The molecular weight excluding hydrogens is 208 g/mol. The summed E-state index contributed by atoms with van der Waals surface area (Å²) in [6, 6.07) is 3.55. The summed E-state index contributed by atoms with van der Waals surface area (Å²) in [6.07, 6.45) is 0. The van der Waals surface area contributed by atoms with Crippen molar-refractivity contribution >= 4 is 5.97 Å². The molecule has 0 amide bonds. The number of ether oxygens (including phenoxy) is 1. The quantitative estimate of drug-likeness (QED) is 0.750. The molecule has 4 heteroatoms. The Morgan fingerprint density at radius 2 is 1.75 bits per heavy atom. The molecule has 1 rings (SSSR count). The SMILES string of the molecule is CC(=O)OCc1cc(CO)c(CO)cc1C. The van der Waals surface area contributed by atoms with Crippen molar-refractivity contribution in [3.8, 4) is 0 Å². The van der Waals surface area contributed by atoms with Crippen molar-refractivity contribution in [1.82, 2.24) is 0 Å². The van der Waals surface area contributed by atoms with Crippen molar-refractivity contribution in [1.29, 1.82) is 0 Å². The highest BCUT2D eigenvalue weighted by Gasteiger charge is 2.07. The van der Waals surface area contributed by atoms with Gasteiger partial charge >= 0.3 is 5.97 Å². The lowest BCUT2D eigenvalue weighted by atomic mass is 10.0. The van der Waals surface area contributed by atoms with E-state index in [0.717, 1.165) is 11.1 Å². The van der Waals surface area contributed by atoms with Crippen molar-refractivity contribution in [3.05, 3.63) is 34.4 Å². The average Bonchev–Trinajstić information content (AvgIpc) is 2.26. The van der Waals surface area contributed by atoms with Crippen LogP contribution in [-0.4, -0.2) is 16.2 Å². The summed E-state index contributed by atoms with van der Waals surface area (Å²) < 4.78 is 4.90. The predicted molar refractivity (Wildman–Crippen MR) is 58.5 cm³/mol. The van der Waals surface area contributed by atoms with Crippen LogP contribution in [0.1, 0.15) is 29.2 Å². The fourth-order valence-corrected chi connectivity index (χ4v) is 1.49. The van der Waals surface area contributed by atoms with Crippen LogP contribution in [0.25, 0.3) is 0 Å². The molecule has 0 heterocycles. The Bertz CT molecular complexity index is 385. The van der Waals surface area contributed by atoms with Gasteiger partial charge in [0.25, 0.3) is 0 Å². The second-order valence-electron chi connectivity index (χ2n) is 3.64. The number of aliphatic hydroxyl groups is 2. The van der Waals surface area contributed by atoms with E-state index in [2.05, 4.69) is 0 Å². The van der Waals surface area contributed by atoms with Gasteiger partial charge in [0.05, 0.1) is 13.2 Å². The number of benzene rings is 1. The molecule has 1 aromatic rings. The van der Waals surface area contributed by atoms with Gasteiger partial charge < -0.3 is 14.9 Å². The number of hydrogen-bond acceptors (Lipinski definition) is 4. The Morgan fingerprint density at radius 3 is 2.25 bits per heavy atom. The van der Waals surface area contributed by atoms with Gasteiger partial charge in [-0.05, 0) is 35.2 Å². The number of hydrogen-bond donors (Lipinski definition) is 2. The number of aliphatic hydroxyl groups excluding tert-OH is 2. The standard InChI is InChI=1S/C12H16O4/c1-8-3-10(5-13)11(6-14)4-12(8)7-16-9(2)15/h3-4,13-14H,5-7H2,1-2H3. The Balaban J connectivity index is 2.96. The lowest BCUT2D eigenvalue weighted by Crippen LogP contribution is -2.03. The highest BCUT2D eigenvalue weighted by Crippen LogP contribution is 2.18. The largest absolute Gasteiger partial charge is 0.461 e. The second-order valence-corrected chi connectivity index (χ2v) is 3.64. The van der Waals surface area contributed by atoms with E-state index in [1.165, 1.54) is 6.92 Å². The van der Waals surface area contributed by atoms with E-state index in [-0.39, 0.29) is 25.8 Å². The normalized spacial score (nSPS) is 10.2. The first-order valence-electron chi connectivity index (χ1n) is 5.04. The van der Waals surface area contributed by atoms with Crippen LogP contribution < -0.4 is 0 Å². The molecule has 1 aromatic carbocycles. The topological polar surface area (TPSA) is 66.8 Å². The van der Waals surface area contributed by atoms with Crippen LogP contribution in [0.2, 0.25) is 0 Å². The van der Waals surface area contributed by atoms with E-state index < -0.39 is 0 Å². The zero-order valence-corrected chi connectivity index (χ0v) is 9.49. The van der Waals surface area contributed by atoms with Gasteiger partial charge in [0.2, 0.25) is 0 Å². The highest BCUT2D eigenvalue weighted by molar-refractivity contribution is 5.66. The van der Waals surface area contributed by atoms with Crippen LogP contribution in [-0.2, 0) is 29.4 Å². The maximum Gasteiger partial charge on any atom is 0.302 e. The first-order valence-corrected chi connectivity index (χ1v) is 5.04. The van der Waals surface area contributed by atoms with Gasteiger partial charge in [-0.15, -0.1) is 0 Å². The first kappa shape index (κ1) is 12.7. The van der Waals surface area contributed by atoms with Gasteiger partial charge in [0.15, 0.2) is 0 Å². The molecule has 0 saturated heterocycles. The van der Waals surface area contributed by atoms with Crippen LogP contribution in [0.3, 0.4) is 0 Å². The summed E-state index contributed by atoms with van der Waals surface area (Å²) in [5.41, 5.74) is 3.14. The molecule has 0 aliphatic heterocycles. The summed E-state index contributed by atoms with van der Waals surface area (Å²) in [5.74, 6) is -0.337. The molecule has 0 atom stereocenters. The molecule has 0 fully saturated rings. The maximum absolute atomic E-state index is 10.7. The van der Waals surface area contributed by atoms with Crippen molar-refractivity contribution in [2.75, 3.05) is 0 Å². The minimum absolute atomic E-state index is 0.107. The third-order valence-electron chi connectivity index (χ3n) is 2.43. The van der Waals surface area contributed by atoms with E-state index >= 15 is 0 Å². The number of esters is 1. The van der Waals surface area contributed by atoms with E-state index in [1.807, 2.05) is 6.92 Å². The number of carbonyl (C=O) groups is 1. The Labute approximate surface area is 94.5 Å². The van der Waals surface area contributed by atoms with Crippen LogP contribution in [0, 0.1) is 6.92 Å². The van der Waals surface area contributed by atoms with Gasteiger partial charge in [-0.3, -0.25) is 4.79 Å². The Hall–Kier alpha value is -1.39. The summed E-state index contributed by atoms with van der Waals surface area (Å²) in [4.78, 5) is 10.7. The van der Waals surface area contributed by atoms with Gasteiger partial charge in [0.1, 0.15) is 6.61 Å². The molecule has 0 aliphatic rings. The van der Waals surface area contributed by atoms with Crippen LogP contribution in [0.5, 0.6) is 0 Å². The maximum atomic E-state index is 10.7. The Kier molecular flexibility index (Phi) is 4.46. The highest BCUT2D eigenvalue weighted by atomic mass is 16.5. The van der Waals surface area contributed by atoms with Gasteiger partial charge in [-0.1, -0.05) is 6.07 Å². The fraction of sp³-hybridized carbons (Fsp3) is 0.417.